The topological polar surface area (TPSA) is 93.5 Å². The normalized spacial score (nSPS) is 11.3. The van der Waals surface area contributed by atoms with Gasteiger partial charge in [0.15, 0.2) is 0 Å². The second kappa shape index (κ2) is 9.23. The van der Waals surface area contributed by atoms with Crippen LogP contribution in [0.4, 0.5) is 10.5 Å². The van der Waals surface area contributed by atoms with E-state index >= 15 is 0 Å². The van der Waals surface area contributed by atoms with Crippen molar-refractivity contribution in [3.05, 3.63) is 96.1 Å². The smallest absolute Gasteiger partial charge is 0.312 e. The molecule has 4 N–H and O–H groups in total. The average molecular weight is 375 g/mol. The Balaban J connectivity index is 1.73. The molecule has 1 unspecified atom stereocenters. The number of carbonyl (C=O) groups excluding carboxylic acids is 2. The summed E-state index contributed by atoms with van der Waals surface area (Å²) < 4.78 is 5.95. The average Bonchev–Trinajstić information content (AvgIpc) is 2.73. The predicted molar refractivity (Wildman–Crippen MR) is 108 cm³/mol. The molecule has 0 spiro atoms. The molecule has 3 rings (SSSR count). The summed E-state index contributed by atoms with van der Waals surface area (Å²) in [6.45, 7) is 0.327. The number of para-hydroxylation sites is 1. The van der Waals surface area contributed by atoms with Gasteiger partial charge < -0.3 is 21.1 Å². The molecule has 28 heavy (non-hydrogen) atoms. The molecule has 0 bridgehead atoms. The first-order valence-corrected chi connectivity index (χ1v) is 8.81. The van der Waals surface area contributed by atoms with Gasteiger partial charge in [-0.2, -0.15) is 0 Å². The minimum atomic E-state index is -0.792. The van der Waals surface area contributed by atoms with E-state index in [1.807, 2.05) is 60.7 Å². The van der Waals surface area contributed by atoms with E-state index in [1.165, 1.54) is 0 Å². The van der Waals surface area contributed by atoms with Crippen molar-refractivity contribution in [1.82, 2.24) is 5.32 Å². The van der Waals surface area contributed by atoms with Gasteiger partial charge in [0.25, 0.3) is 5.91 Å². The number of benzene rings is 3. The minimum Gasteiger partial charge on any atom is -0.476 e. The van der Waals surface area contributed by atoms with E-state index < -0.39 is 12.1 Å². The molecule has 142 valence electrons. The zero-order chi connectivity index (χ0) is 19.8. The number of hydrogen-bond donors (Lipinski definition) is 3. The predicted octanol–water partition coefficient (Wildman–Crippen LogP) is 3.61. The maximum Gasteiger partial charge on any atom is 0.312 e. The van der Waals surface area contributed by atoms with Crippen molar-refractivity contribution in [3.8, 4) is 5.75 Å². The summed E-state index contributed by atoms with van der Waals surface area (Å²) in [5.41, 5.74) is 7.32. The second-order valence-corrected chi connectivity index (χ2v) is 6.13. The molecule has 0 aliphatic carbocycles. The number of anilines is 1. The van der Waals surface area contributed by atoms with Gasteiger partial charge in [-0.3, -0.25) is 4.79 Å². The number of hydrogen-bond acceptors (Lipinski definition) is 3. The standard InChI is InChI=1S/C22H21N3O3/c23-22(27)24-15-16-11-13-18(14-12-16)25-21(26)20(17-7-3-1-4-8-17)28-19-9-5-2-6-10-19/h1-14,20H,15H2,(H,25,26)(H3,23,24,27). The molecule has 6 heteroatoms. The fourth-order valence-electron chi connectivity index (χ4n) is 2.64. The van der Waals surface area contributed by atoms with E-state index in [4.69, 9.17) is 10.5 Å². The van der Waals surface area contributed by atoms with Crippen molar-refractivity contribution < 1.29 is 14.3 Å². The van der Waals surface area contributed by atoms with Crippen molar-refractivity contribution in [1.29, 1.82) is 0 Å². The molecule has 0 fully saturated rings. The third-order valence-electron chi connectivity index (χ3n) is 4.03. The van der Waals surface area contributed by atoms with Crippen LogP contribution in [0.2, 0.25) is 0 Å². The van der Waals surface area contributed by atoms with E-state index in [0.29, 0.717) is 18.0 Å². The van der Waals surface area contributed by atoms with Crippen LogP contribution in [-0.4, -0.2) is 11.9 Å². The highest BCUT2D eigenvalue weighted by Crippen LogP contribution is 2.23. The Morgan fingerprint density at radius 3 is 2.07 bits per heavy atom. The third kappa shape index (κ3) is 5.35. The SMILES string of the molecule is NC(=O)NCc1ccc(NC(=O)C(Oc2ccccc2)c2ccccc2)cc1. The Labute approximate surface area is 163 Å². The molecule has 0 aliphatic heterocycles. The zero-order valence-electron chi connectivity index (χ0n) is 15.2. The van der Waals surface area contributed by atoms with Gasteiger partial charge in [-0.05, 0) is 29.8 Å². The number of primary amides is 1. The number of ether oxygens (including phenoxy) is 1. The Kier molecular flexibility index (Phi) is 6.25. The molecule has 0 aromatic heterocycles. The Bertz CT molecular complexity index is 913. The Morgan fingerprint density at radius 1 is 0.857 bits per heavy atom. The molecule has 1 atom stereocenters. The maximum atomic E-state index is 12.9. The van der Waals surface area contributed by atoms with Gasteiger partial charge in [0.1, 0.15) is 5.75 Å². The summed E-state index contributed by atoms with van der Waals surface area (Å²) in [5.74, 6) is 0.331. The zero-order valence-corrected chi connectivity index (χ0v) is 15.2. The molecule has 3 aromatic carbocycles. The molecule has 0 radical (unpaired) electrons. The van der Waals surface area contributed by atoms with Crippen LogP contribution < -0.4 is 21.1 Å². The lowest BCUT2D eigenvalue weighted by Crippen LogP contribution is -2.28. The fraction of sp³-hybridized carbons (Fsp3) is 0.0909. The molecule has 3 amide bonds. The van der Waals surface area contributed by atoms with Gasteiger partial charge in [-0.1, -0.05) is 60.7 Å². The number of nitrogens with one attached hydrogen (secondary N) is 2. The number of urea groups is 1. The van der Waals surface area contributed by atoms with Gasteiger partial charge in [0.2, 0.25) is 6.10 Å². The molecule has 0 saturated heterocycles. The first-order chi connectivity index (χ1) is 13.6. The van der Waals surface area contributed by atoms with Crippen molar-refractivity contribution >= 4 is 17.6 Å². The quantitative estimate of drug-likeness (QED) is 0.589. The van der Waals surface area contributed by atoms with Crippen LogP contribution >= 0.6 is 0 Å². The van der Waals surface area contributed by atoms with Crippen molar-refractivity contribution in [3.63, 3.8) is 0 Å². The number of nitrogens with two attached hydrogens (primary N) is 1. The number of carbonyl (C=O) groups is 2. The van der Waals surface area contributed by atoms with E-state index in [-0.39, 0.29) is 5.91 Å². The van der Waals surface area contributed by atoms with Gasteiger partial charge in [0.05, 0.1) is 0 Å². The van der Waals surface area contributed by atoms with Gasteiger partial charge in [-0.15, -0.1) is 0 Å². The van der Waals surface area contributed by atoms with Crippen LogP contribution in [0.5, 0.6) is 5.75 Å². The molecule has 0 saturated carbocycles. The molecule has 0 aliphatic rings. The highest BCUT2D eigenvalue weighted by molar-refractivity contribution is 5.95. The summed E-state index contributed by atoms with van der Waals surface area (Å²) in [6, 6.07) is 25.1. The van der Waals surface area contributed by atoms with Gasteiger partial charge in [0, 0.05) is 17.8 Å². The van der Waals surface area contributed by atoms with E-state index in [2.05, 4.69) is 10.6 Å². The Morgan fingerprint density at radius 2 is 1.46 bits per heavy atom. The van der Waals surface area contributed by atoms with Crippen LogP contribution in [0, 0.1) is 0 Å². The first kappa shape index (κ1) is 19.0. The summed E-state index contributed by atoms with van der Waals surface area (Å²) in [6.07, 6.45) is -0.792. The lowest BCUT2D eigenvalue weighted by molar-refractivity contribution is -0.123. The molecular formula is C22H21N3O3. The lowest BCUT2D eigenvalue weighted by Gasteiger charge is -2.19. The summed E-state index contributed by atoms with van der Waals surface area (Å²) in [7, 11) is 0. The van der Waals surface area contributed by atoms with Gasteiger partial charge in [-0.25, -0.2) is 4.79 Å². The van der Waals surface area contributed by atoms with Crippen LogP contribution in [0.1, 0.15) is 17.2 Å². The number of amides is 3. The van der Waals surface area contributed by atoms with Crippen molar-refractivity contribution in [2.75, 3.05) is 5.32 Å². The molecule has 3 aromatic rings. The van der Waals surface area contributed by atoms with Crippen LogP contribution in [0.15, 0.2) is 84.9 Å². The lowest BCUT2D eigenvalue weighted by atomic mass is 10.1. The molecular weight excluding hydrogens is 354 g/mol. The number of rotatable bonds is 7. The maximum absolute atomic E-state index is 12.9. The highest BCUT2D eigenvalue weighted by atomic mass is 16.5. The first-order valence-electron chi connectivity index (χ1n) is 8.81. The monoisotopic (exact) mass is 375 g/mol. The summed E-state index contributed by atoms with van der Waals surface area (Å²) in [5, 5.41) is 5.40. The highest BCUT2D eigenvalue weighted by Gasteiger charge is 2.22. The minimum absolute atomic E-state index is 0.280. The van der Waals surface area contributed by atoms with E-state index in [9.17, 15) is 9.59 Å². The summed E-state index contributed by atoms with van der Waals surface area (Å²) >= 11 is 0. The van der Waals surface area contributed by atoms with Crippen molar-refractivity contribution in [2.24, 2.45) is 5.73 Å². The van der Waals surface area contributed by atoms with Crippen molar-refractivity contribution in [2.45, 2.75) is 12.6 Å². The van der Waals surface area contributed by atoms with Crippen LogP contribution in [0.25, 0.3) is 0 Å². The van der Waals surface area contributed by atoms with Crippen LogP contribution in [-0.2, 0) is 11.3 Å². The molecule has 0 heterocycles. The third-order valence-corrected chi connectivity index (χ3v) is 4.03. The molecule has 6 nitrogen and oxygen atoms in total. The van der Waals surface area contributed by atoms with Crippen LogP contribution in [0.3, 0.4) is 0 Å². The fourth-order valence-corrected chi connectivity index (χ4v) is 2.64. The Hall–Kier alpha value is -3.80. The van der Waals surface area contributed by atoms with E-state index in [1.54, 1.807) is 24.3 Å². The largest absolute Gasteiger partial charge is 0.476 e. The second-order valence-electron chi connectivity index (χ2n) is 6.13. The van der Waals surface area contributed by atoms with Gasteiger partial charge >= 0.3 is 6.03 Å². The summed E-state index contributed by atoms with van der Waals surface area (Å²) in [4.78, 5) is 23.7. The van der Waals surface area contributed by atoms with E-state index in [0.717, 1.165) is 11.1 Å².